The van der Waals surface area contributed by atoms with E-state index in [1.54, 1.807) is 0 Å². The molecule has 1 saturated carbocycles. The van der Waals surface area contributed by atoms with Crippen molar-refractivity contribution in [2.45, 2.75) is 44.6 Å². The van der Waals surface area contributed by atoms with Crippen LogP contribution in [-0.4, -0.2) is 43.2 Å². The van der Waals surface area contributed by atoms with Crippen LogP contribution in [0.3, 0.4) is 0 Å². The van der Waals surface area contributed by atoms with Gasteiger partial charge in [0.15, 0.2) is 0 Å². The lowest BCUT2D eigenvalue weighted by atomic mass is 10.0. The number of ether oxygens (including phenoxy) is 2. The maximum Gasteiger partial charge on any atom is 0.225 e. The number of carbonyl (C=O) groups is 1. The van der Waals surface area contributed by atoms with Gasteiger partial charge >= 0.3 is 0 Å². The van der Waals surface area contributed by atoms with Gasteiger partial charge in [-0.2, -0.15) is 0 Å². The predicted octanol–water partition coefficient (Wildman–Crippen LogP) is 3.26. The van der Waals surface area contributed by atoms with E-state index in [-0.39, 0.29) is 6.10 Å². The highest BCUT2D eigenvalue weighted by Crippen LogP contribution is 2.28. The van der Waals surface area contributed by atoms with Crippen LogP contribution < -0.4 is 4.74 Å². The zero-order valence-electron chi connectivity index (χ0n) is 13.8. The van der Waals surface area contributed by atoms with E-state index in [2.05, 4.69) is 4.90 Å². The Labute approximate surface area is 138 Å². The Hall–Kier alpha value is -1.55. The van der Waals surface area contributed by atoms with Gasteiger partial charge in [-0.05, 0) is 37.8 Å². The number of likely N-dealkylation sites (tertiary alicyclic amines) is 1. The lowest BCUT2D eigenvalue weighted by Crippen LogP contribution is -2.43. The standard InChI is InChI=1S/C19H27NO3/c21-19(16-6-4-5-7-16)20-12-10-18(11-13-20)23-15-14-22-17-8-2-1-3-9-17/h1-3,8-9,16,18H,4-7,10-15H2. The summed E-state index contributed by atoms with van der Waals surface area (Å²) in [4.78, 5) is 14.4. The van der Waals surface area contributed by atoms with Crippen molar-refractivity contribution >= 4 is 5.91 Å². The Kier molecular flexibility index (Phi) is 5.92. The molecule has 126 valence electrons. The maximum atomic E-state index is 12.4. The molecule has 2 fully saturated rings. The monoisotopic (exact) mass is 317 g/mol. The second kappa shape index (κ2) is 8.34. The zero-order valence-corrected chi connectivity index (χ0v) is 13.8. The molecule has 0 atom stereocenters. The minimum Gasteiger partial charge on any atom is -0.491 e. The molecule has 4 heteroatoms. The molecule has 1 aliphatic carbocycles. The van der Waals surface area contributed by atoms with E-state index in [0.717, 1.165) is 44.5 Å². The third-order valence-electron chi connectivity index (χ3n) is 4.91. The molecular formula is C19H27NO3. The second-order valence-corrected chi connectivity index (χ2v) is 6.54. The molecule has 1 aromatic carbocycles. The topological polar surface area (TPSA) is 38.8 Å². The number of piperidine rings is 1. The SMILES string of the molecule is O=C(C1CCCC1)N1CCC(OCCOc2ccccc2)CC1. The van der Waals surface area contributed by atoms with Crippen molar-refractivity contribution in [2.75, 3.05) is 26.3 Å². The number of carbonyl (C=O) groups excluding carboxylic acids is 1. The van der Waals surface area contributed by atoms with Crippen molar-refractivity contribution in [1.82, 2.24) is 4.90 Å². The molecule has 0 aromatic heterocycles. The summed E-state index contributed by atoms with van der Waals surface area (Å²) in [5, 5.41) is 0. The third kappa shape index (κ3) is 4.71. The van der Waals surface area contributed by atoms with Gasteiger partial charge < -0.3 is 14.4 Å². The first-order valence-electron chi connectivity index (χ1n) is 8.91. The Bertz CT molecular complexity index is 477. The van der Waals surface area contributed by atoms with Crippen LogP contribution in [0.15, 0.2) is 30.3 Å². The van der Waals surface area contributed by atoms with E-state index >= 15 is 0 Å². The molecule has 0 unspecified atom stereocenters. The molecule has 0 bridgehead atoms. The quantitative estimate of drug-likeness (QED) is 0.756. The molecule has 1 heterocycles. The molecule has 0 radical (unpaired) electrons. The van der Waals surface area contributed by atoms with Gasteiger partial charge in [0.2, 0.25) is 5.91 Å². The first-order chi connectivity index (χ1) is 11.3. The van der Waals surface area contributed by atoms with Gasteiger partial charge in [0.25, 0.3) is 0 Å². The zero-order chi connectivity index (χ0) is 15.9. The average Bonchev–Trinajstić information content (AvgIpc) is 3.14. The molecule has 2 aliphatic rings. The molecule has 1 amide bonds. The molecule has 1 saturated heterocycles. The summed E-state index contributed by atoms with van der Waals surface area (Å²) in [7, 11) is 0. The highest BCUT2D eigenvalue weighted by atomic mass is 16.5. The summed E-state index contributed by atoms with van der Waals surface area (Å²) in [6, 6.07) is 9.81. The fraction of sp³-hybridized carbons (Fsp3) is 0.632. The Balaban J connectivity index is 1.31. The minimum atomic E-state index is 0.266. The second-order valence-electron chi connectivity index (χ2n) is 6.54. The summed E-state index contributed by atoms with van der Waals surface area (Å²) in [5.74, 6) is 1.56. The van der Waals surface area contributed by atoms with E-state index in [1.807, 2.05) is 30.3 Å². The molecule has 4 nitrogen and oxygen atoms in total. The molecule has 1 aliphatic heterocycles. The molecule has 0 N–H and O–H groups in total. The Morgan fingerprint density at radius 3 is 2.39 bits per heavy atom. The van der Waals surface area contributed by atoms with Crippen LogP contribution in [0.1, 0.15) is 38.5 Å². The largest absolute Gasteiger partial charge is 0.491 e. The van der Waals surface area contributed by atoms with Crippen LogP contribution in [0.5, 0.6) is 5.75 Å². The van der Waals surface area contributed by atoms with Gasteiger partial charge in [0.05, 0.1) is 12.7 Å². The van der Waals surface area contributed by atoms with E-state index in [9.17, 15) is 4.79 Å². The average molecular weight is 317 g/mol. The number of hydrogen-bond acceptors (Lipinski definition) is 3. The van der Waals surface area contributed by atoms with Gasteiger partial charge in [0.1, 0.15) is 12.4 Å². The van der Waals surface area contributed by atoms with Crippen molar-refractivity contribution in [2.24, 2.45) is 5.92 Å². The predicted molar refractivity (Wildman–Crippen MR) is 89.4 cm³/mol. The first kappa shape index (κ1) is 16.3. The smallest absolute Gasteiger partial charge is 0.225 e. The lowest BCUT2D eigenvalue weighted by molar-refractivity contribution is -0.138. The molecule has 0 spiro atoms. The molecular weight excluding hydrogens is 290 g/mol. The number of benzene rings is 1. The van der Waals surface area contributed by atoms with E-state index < -0.39 is 0 Å². The van der Waals surface area contributed by atoms with E-state index in [4.69, 9.17) is 9.47 Å². The van der Waals surface area contributed by atoms with Crippen LogP contribution in [0.2, 0.25) is 0 Å². The summed E-state index contributed by atoms with van der Waals surface area (Å²) in [6.07, 6.45) is 6.78. The molecule has 3 rings (SSSR count). The van der Waals surface area contributed by atoms with E-state index in [1.165, 1.54) is 12.8 Å². The maximum absolute atomic E-state index is 12.4. The highest BCUT2D eigenvalue weighted by molar-refractivity contribution is 5.79. The highest BCUT2D eigenvalue weighted by Gasteiger charge is 2.30. The third-order valence-corrected chi connectivity index (χ3v) is 4.91. The Morgan fingerprint density at radius 2 is 1.70 bits per heavy atom. The number of amides is 1. The van der Waals surface area contributed by atoms with Crippen LogP contribution in [0.25, 0.3) is 0 Å². The summed E-state index contributed by atoms with van der Waals surface area (Å²) in [6.45, 7) is 2.88. The normalized spacial score (nSPS) is 19.9. The van der Waals surface area contributed by atoms with E-state index in [0.29, 0.717) is 25.0 Å². The van der Waals surface area contributed by atoms with Crippen molar-refractivity contribution in [3.63, 3.8) is 0 Å². The molecule has 1 aromatic rings. The van der Waals surface area contributed by atoms with Gasteiger partial charge in [-0.15, -0.1) is 0 Å². The lowest BCUT2D eigenvalue weighted by Gasteiger charge is -2.33. The summed E-state index contributed by atoms with van der Waals surface area (Å²) in [5.41, 5.74) is 0. The van der Waals surface area contributed by atoms with Crippen LogP contribution in [0, 0.1) is 5.92 Å². The minimum absolute atomic E-state index is 0.266. The van der Waals surface area contributed by atoms with Crippen molar-refractivity contribution < 1.29 is 14.3 Å². The first-order valence-corrected chi connectivity index (χ1v) is 8.91. The Morgan fingerprint density at radius 1 is 1.00 bits per heavy atom. The van der Waals surface area contributed by atoms with Gasteiger partial charge in [-0.3, -0.25) is 4.79 Å². The van der Waals surface area contributed by atoms with Gasteiger partial charge in [-0.25, -0.2) is 0 Å². The van der Waals surface area contributed by atoms with Crippen molar-refractivity contribution in [3.05, 3.63) is 30.3 Å². The van der Waals surface area contributed by atoms with Gasteiger partial charge in [-0.1, -0.05) is 31.0 Å². The fourth-order valence-corrected chi connectivity index (χ4v) is 3.56. The van der Waals surface area contributed by atoms with Crippen molar-refractivity contribution in [1.29, 1.82) is 0 Å². The number of para-hydroxylation sites is 1. The van der Waals surface area contributed by atoms with Crippen LogP contribution >= 0.6 is 0 Å². The van der Waals surface area contributed by atoms with Gasteiger partial charge in [0, 0.05) is 19.0 Å². The summed E-state index contributed by atoms with van der Waals surface area (Å²) < 4.78 is 11.5. The van der Waals surface area contributed by atoms with Crippen molar-refractivity contribution in [3.8, 4) is 5.75 Å². The van der Waals surface area contributed by atoms with Crippen LogP contribution in [-0.2, 0) is 9.53 Å². The molecule has 23 heavy (non-hydrogen) atoms. The summed E-state index contributed by atoms with van der Waals surface area (Å²) >= 11 is 0. The van der Waals surface area contributed by atoms with Crippen LogP contribution in [0.4, 0.5) is 0 Å². The fourth-order valence-electron chi connectivity index (χ4n) is 3.56. The number of nitrogens with zero attached hydrogens (tertiary/aromatic N) is 1. The number of rotatable bonds is 6. The number of hydrogen-bond donors (Lipinski definition) is 0.